The first-order valence-electron chi connectivity index (χ1n) is 10.1. The number of amides is 1. The van der Waals surface area contributed by atoms with Crippen LogP contribution in [0.15, 0.2) is 24.3 Å². The van der Waals surface area contributed by atoms with Crippen LogP contribution in [0.3, 0.4) is 0 Å². The monoisotopic (exact) mass is 380 g/mol. The Morgan fingerprint density at radius 2 is 1.81 bits per heavy atom. The number of hydrogen-bond donors (Lipinski definition) is 1. The Morgan fingerprint density at radius 1 is 1.11 bits per heavy atom. The molecule has 2 unspecified atom stereocenters. The van der Waals surface area contributed by atoms with Crippen molar-refractivity contribution < 1.29 is 18.0 Å². The third kappa shape index (κ3) is 4.15. The largest absolute Gasteiger partial charge is 0.416 e. The minimum absolute atomic E-state index is 0.0836. The van der Waals surface area contributed by atoms with Crippen molar-refractivity contribution in [1.29, 1.82) is 0 Å². The van der Waals surface area contributed by atoms with Crippen LogP contribution in [0, 0.1) is 17.8 Å². The molecule has 2 atom stereocenters. The number of benzene rings is 1. The second-order valence-corrected chi connectivity index (χ2v) is 8.34. The molecule has 0 aromatic heterocycles. The lowest BCUT2D eigenvalue weighted by atomic mass is 9.94. The summed E-state index contributed by atoms with van der Waals surface area (Å²) in [5.74, 6) is 1.17. The molecular weight excluding hydrogens is 353 g/mol. The van der Waals surface area contributed by atoms with E-state index in [4.69, 9.17) is 0 Å². The Bertz CT molecular complexity index is 672. The number of nitrogens with one attached hydrogen (secondary N) is 1. The van der Waals surface area contributed by atoms with E-state index in [9.17, 15) is 18.0 Å². The van der Waals surface area contributed by atoms with E-state index in [-0.39, 0.29) is 11.8 Å². The van der Waals surface area contributed by atoms with Gasteiger partial charge in [-0.25, -0.2) is 0 Å². The van der Waals surface area contributed by atoms with Gasteiger partial charge < -0.3 is 5.32 Å². The van der Waals surface area contributed by atoms with Crippen LogP contribution in [0.5, 0.6) is 0 Å². The number of hydrogen-bond acceptors (Lipinski definition) is 2. The van der Waals surface area contributed by atoms with E-state index >= 15 is 0 Å². The summed E-state index contributed by atoms with van der Waals surface area (Å²) in [5.41, 5.74) is -0.0320. The first-order valence-corrected chi connectivity index (χ1v) is 10.1. The van der Waals surface area contributed by atoms with Crippen molar-refractivity contribution in [2.24, 2.45) is 17.8 Å². The molecule has 1 aliphatic heterocycles. The van der Waals surface area contributed by atoms with Crippen molar-refractivity contribution in [2.45, 2.75) is 50.7 Å². The van der Waals surface area contributed by atoms with Gasteiger partial charge in [0.15, 0.2) is 0 Å². The standard InChI is InChI=1S/C21H27F3N2O/c22-21(23,24)15-6-4-5-14(11-15)9-10-25-20(27)19-17-12-26(13-18(17)19)16-7-2-1-3-8-16/h4-6,11,16-19H,1-3,7-10,12-13H2,(H,25,27). The van der Waals surface area contributed by atoms with Gasteiger partial charge >= 0.3 is 6.18 Å². The Kier molecular flexibility index (Phi) is 5.19. The highest BCUT2D eigenvalue weighted by molar-refractivity contribution is 5.82. The topological polar surface area (TPSA) is 32.3 Å². The quantitative estimate of drug-likeness (QED) is 0.841. The van der Waals surface area contributed by atoms with Gasteiger partial charge in [-0.2, -0.15) is 13.2 Å². The molecular formula is C21H27F3N2O. The molecule has 0 spiro atoms. The Balaban J connectivity index is 1.21. The second kappa shape index (κ2) is 7.46. The van der Waals surface area contributed by atoms with Gasteiger partial charge in [0.05, 0.1) is 5.56 Å². The summed E-state index contributed by atoms with van der Waals surface area (Å²) >= 11 is 0. The average Bonchev–Trinajstić information content (AvgIpc) is 3.16. The van der Waals surface area contributed by atoms with Crippen LogP contribution in [0.4, 0.5) is 13.2 Å². The third-order valence-corrected chi connectivity index (χ3v) is 6.58. The van der Waals surface area contributed by atoms with Crippen LogP contribution in [0.2, 0.25) is 0 Å². The zero-order chi connectivity index (χ0) is 19.0. The van der Waals surface area contributed by atoms with Crippen LogP contribution in [-0.4, -0.2) is 36.5 Å². The van der Waals surface area contributed by atoms with Gasteiger partial charge in [-0.05, 0) is 42.7 Å². The normalized spacial score (nSPS) is 28.8. The summed E-state index contributed by atoms with van der Waals surface area (Å²) in [7, 11) is 0. The van der Waals surface area contributed by atoms with Gasteiger partial charge in [-0.1, -0.05) is 37.5 Å². The second-order valence-electron chi connectivity index (χ2n) is 8.34. The third-order valence-electron chi connectivity index (χ3n) is 6.58. The number of alkyl halides is 3. The van der Waals surface area contributed by atoms with Gasteiger partial charge in [0.1, 0.15) is 0 Å². The maximum atomic E-state index is 12.8. The highest BCUT2D eigenvalue weighted by Gasteiger charge is 2.59. The van der Waals surface area contributed by atoms with Gasteiger partial charge in [0, 0.05) is 31.6 Å². The molecule has 1 N–H and O–H groups in total. The van der Waals surface area contributed by atoms with Gasteiger partial charge in [0.25, 0.3) is 0 Å². The molecule has 1 saturated heterocycles. The highest BCUT2D eigenvalue weighted by atomic mass is 19.4. The van der Waals surface area contributed by atoms with E-state index in [0.29, 0.717) is 30.4 Å². The van der Waals surface area contributed by atoms with Gasteiger partial charge in [-0.3, -0.25) is 9.69 Å². The molecule has 0 radical (unpaired) electrons. The number of fused-ring (bicyclic) bond motifs is 1. The number of halogens is 3. The van der Waals surface area contributed by atoms with Crippen molar-refractivity contribution in [3.63, 3.8) is 0 Å². The first kappa shape index (κ1) is 18.8. The maximum Gasteiger partial charge on any atom is 0.416 e. The lowest BCUT2D eigenvalue weighted by Gasteiger charge is -2.32. The molecule has 3 aliphatic rings. The molecule has 148 valence electrons. The molecule has 0 bridgehead atoms. The molecule has 6 heteroatoms. The predicted molar refractivity (Wildman–Crippen MR) is 97.1 cm³/mol. The van der Waals surface area contributed by atoms with E-state index in [2.05, 4.69) is 10.2 Å². The maximum absolute atomic E-state index is 12.8. The first-order chi connectivity index (χ1) is 12.9. The van der Waals surface area contributed by atoms with E-state index in [1.165, 1.54) is 44.2 Å². The molecule has 1 heterocycles. The molecule has 2 saturated carbocycles. The average molecular weight is 380 g/mol. The summed E-state index contributed by atoms with van der Waals surface area (Å²) < 4.78 is 38.3. The Labute approximate surface area is 158 Å². The molecule has 4 rings (SSSR count). The van der Waals surface area contributed by atoms with Crippen molar-refractivity contribution >= 4 is 5.91 Å². The minimum atomic E-state index is -4.32. The predicted octanol–water partition coefficient (Wildman–Crippen LogP) is 3.87. The molecule has 1 aromatic carbocycles. The summed E-state index contributed by atoms with van der Waals surface area (Å²) in [6.45, 7) is 2.48. The molecule has 3 fully saturated rings. The van der Waals surface area contributed by atoms with Crippen molar-refractivity contribution in [1.82, 2.24) is 10.2 Å². The number of rotatable bonds is 5. The van der Waals surface area contributed by atoms with E-state index in [1.54, 1.807) is 6.07 Å². The van der Waals surface area contributed by atoms with Crippen LogP contribution < -0.4 is 5.32 Å². The van der Waals surface area contributed by atoms with Crippen LogP contribution in [0.1, 0.15) is 43.2 Å². The zero-order valence-electron chi connectivity index (χ0n) is 15.5. The molecule has 27 heavy (non-hydrogen) atoms. The smallest absolute Gasteiger partial charge is 0.356 e. The fraction of sp³-hybridized carbons (Fsp3) is 0.667. The van der Waals surface area contributed by atoms with Gasteiger partial charge in [-0.15, -0.1) is 0 Å². The molecule has 1 amide bonds. The van der Waals surface area contributed by atoms with Crippen molar-refractivity contribution in [3.05, 3.63) is 35.4 Å². The zero-order valence-corrected chi connectivity index (χ0v) is 15.5. The number of carbonyl (C=O) groups is 1. The Morgan fingerprint density at radius 3 is 2.48 bits per heavy atom. The molecule has 1 aromatic rings. The van der Waals surface area contributed by atoms with Crippen molar-refractivity contribution in [2.75, 3.05) is 19.6 Å². The number of carbonyl (C=O) groups excluding carboxylic acids is 1. The Hall–Kier alpha value is -1.56. The number of nitrogens with zero attached hydrogens (tertiary/aromatic N) is 1. The SMILES string of the molecule is O=C(NCCc1cccc(C(F)(F)F)c1)C1C2CN(C3CCCCC3)CC21. The summed E-state index contributed by atoms with van der Waals surface area (Å²) in [4.78, 5) is 15.0. The lowest BCUT2D eigenvalue weighted by molar-refractivity contribution is -0.137. The molecule has 2 aliphatic carbocycles. The van der Waals surface area contributed by atoms with Crippen molar-refractivity contribution in [3.8, 4) is 0 Å². The summed E-state index contributed by atoms with van der Waals surface area (Å²) in [6, 6.07) is 6.06. The number of piperidine rings is 1. The van der Waals surface area contributed by atoms with Crippen LogP contribution >= 0.6 is 0 Å². The lowest BCUT2D eigenvalue weighted by Crippen LogP contribution is -2.39. The minimum Gasteiger partial charge on any atom is -0.356 e. The highest BCUT2D eigenvalue weighted by Crippen LogP contribution is 2.52. The van der Waals surface area contributed by atoms with E-state index in [0.717, 1.165) is 25.2 Å². The van der Waals surface area contributed by atoms with E-state index in [1.807, 2.05) is 0 Å². The number of likely N-dealkylation sites (tertiary alicyclic amines) is 1. The summed E-state index contributed by atoms with van der Waals surface area (Å²) in [5, 5.41) is 2.94. The fourth-order valence-electron chi connectivity index (χ4n) is 5.04. The molecule has 3 nitrogen and oxygen atoms in total. The fourth-order valence-corrected chi connectivity index (χ4v) is 5.04. The van der Waals surface area contributed by atoms with Gasteiger partial charge in [0.2, 0.25) is 5.91 Å². The van der Waals surface area contributed by atoms with Crippen LogP contribution in [-0.2, 0) is 17.4 Å². The summed E-state index contributed by atoms with van der Waals surface area (Å²) in [6.07, 6.45) is 2.71. The van der Waals surface area contributed by atoms with Crippen LogP contribution in [0.25, 0.3) is 0 Å². The van der Waals surface area contributed by atoms with E-state index < -0.39 is 11.7 Å².